The van der Waals surface area contributed by atoms with Gasteiger partial charge in [0, 0.05) is 4.90 Å². The Hall–Kier alpha value is -1.07. The summed E-state index contributed by atoms with van der Waals surface area (Å²) in [5.74, 6) is 1.86. The van der Waals surface area contributed by atoms with Crippen molar-refractivity contribution < 1.29 is 0 Å². The molecule has 0 spiro atoms. The van der Waals surface area contributed by atoms with Crippen molar-refractivity contribution in [3.05, 3.63) is 56.7 Å². The topological polar surface area (TPSA) is 45.8 Å². The van der Waals surface area contributed by atoms with Crippen LogP contribution >= 0.6 is 27.7 Å². The molecule has 0 unspecified atom stereocenters. The number of rotatable bonds is 5. The second-order valence-corrected chi connectivity index (χ2v) is 6.81. The van der Waals surface area contributed by atoms with E-state index < -0.39 is 0 Å². The minimum Gasteiger partial charge on any atom is -0.309 e. The lowest BCUT2D eigenvalue weighted by atomic mass is 10.1. The summed E-state index contributed by atoms with van der Waals surface area (Å²) < 4.78 is 0.555. The smallest absolute Gasteiger partial charge is 0.265 e. The van der Waals surface area contributed by atoms with Gasteiger partial charge in [0.05, 0.1) is 11.4 Å². The molecular weight excluding hydrogens is 336 g/mol. The molecular formula is C15H17BrN2OS. The van der Waals surface area contributed by atoms with Crippen LogP contribution in [0.1, 0.15) is 25.4 Å². The van der Waals surface area contributed by atoms with Gasteiger partial charge in [-0.3, -0.25) is 4.79 Å². The largest absolute Gasteiger partial charge is 0.309 e. The van der Waals surface area contributed by atoms with Crippen molar-refractivity contribution in [3.8, 4) is 0 Å². The normalized spacial score (nSPS) is 11.0. The molecule has 20 heavy (non-hydrogen) atoms. The molecule has 0 aliphatic carbocycles. The number of hydrogen-bond acceptors (Lipinski definition) is 3. The number of halogens is 1. The first-order chi connectivity index (χ1) is 9.56. The number of benzene rings is 1. The standard InChI is InChI=1S/C15H17BrN2OS/c1-10(2)8-12-14(16)15(19)18-13(17-12)9-20-11-6-4-3-5-7-11/h3-7,10H,8-9H2,1-2H3,(H,17,18,19). The van der Waals surface area contributed by atoms with Crippen LogP contribution < -0.4 is 5.56 Å². The average molecular weight is 353 g/mol. The van der Waals surface area contributed by atoms with Gasteiger partial charge in [-0.15, -0.1) is 11.8 Å². The highest BCUT2D eigenvalue weighted by Gasteiger charge is 2.10. The summed E-state index contributed by atoms with van der Waals surface area (Å²) >= 11 is 4.99. The molecule has 0 amide bonds. The van der Waals surface area contributed by atoms with E-state index in [-0.39, 0.29) is 5.56 Å². The van der Waals surface area contributed by atoms with Crippen molar-refractivity contribution in [2.45, 2.75) is 30.9 Å². The molecule has 1 aromatic carbocycles. The fraction of sp³-hybridized carbons (Fsp3) is 0.333. The van der Waals surface area contributed by atoms with Crippen LogP contribution in [-0.2, 0) is 12.2 Å². The van der Waals surface area contributed by atoms with Gasteiger partial charge in [0.25, 0.3) is 5.56 Å². The fourth-order valence-corrected chi connectivity index (χ4v) is 2.95. The molecule has 1 N–H and O–H groups in total. The molecule has 0 saturated carbocycles. The monoisotopic (exact) mass is 352 g/mol. The van der Waals surface area contributed by atoms with Gasteiger partial charge in [-0.05, 0) is 40.4 Å². The summed E-state index contributed by atoms with van der Waals surface area (Å²) in [4.78, 5) is 20.5. The van der Waals surface area contributed by atoms with E-state index in [1.54, 1.807) is 11.8 Å². The van der Waals surface area contributed by atoms with Crippen molar-refractivity contribution in [2.75, 3.05) is 0 Å². The zero-order chi connectivity index (χ0) is 14.5. The third-order valence-corrected chi connectivity index (χ3v) is 4.54. The summed E-state index contributed by atoms with van der Waals surface area (Å²) in [5, 5.41) is 0. The van der Waals surface area contributed by atoms with Crippen molar-refractivity contribution in [3.63, 3.8) is 0 Å². The van der Waals surface area contributed by atoms with E-state index in [0.717, 1.165) is 17.9 Å². The van der Waals surface area contributed by atoms with E-state index >= 15 is 0 Å². The molecule has 0 radical (unpaired) electrons. The molecule has 2 rings (SSSR count). The van der Waals surface area contributed by atoms with Crippen molar-refractivity contribution in [2.24, 2.45) is 5.92 Å². The molecule has 1 aromatic heterocycles. The first-order valence-corrected chi connectivity index (χ1v) is 8.29. The Morgan fingerprint density at radius 2 is 2.00 bits per heavy atom. The van der Waals surface area contributed by atoms with Crippen molar-refractivity contribution in [1.82, 2.24) is 9.97 Å². The summed E-state index contributed by atoms with van der Waals surface area (Å²) in [5.41, 5.74) is 0.742. The minimum absolute atomic E-state index is 0.0979. The van der Waals surface area contributed by atoms with Crippen LogP contribution in [0.5, 0.6) is 0 Å². The Bertz CT molecular complexity index is 626. The lowest BCUT2D eigenvalue weighted by molar-refractivity contribution is 0.628. The van der Waals surface area contributed by atoms with Gasteiger partial charge in [-0.25, -0.2) is 4.98 Å². The Morgan fingerprint density at radius 1 is 1.30 bits per heavy atom. The number of aromatic nitrogens is 2. The second kappa shape index (κ2) is 7.09. The maximum absolute atomic E-state index is 11.9. The van der Waals surface area contributed by atoms with Gasteiger partial charge in [-0.2, -0.15) is 0 Å². The van der Waals surface area contributed by atoms with Gasteiger partial charge in [-0.1, -0.05) is 32.0 Å². The van der Waals surface area contributed by atoms with E-state index in [9.17, 15) is 4.79 Å². The first-order valence-electron chi connectivity index (χ1n) is 6.51. The van der Waals surface area contributed by atoms with E-state index in [0.29, 0.717) is 16.1 Å². The highest BCUT2D eigenvalue weighted by Crippen LogP contribution is 2.21. The molecule has 106 valence electrons. The summed E-state index contributed by atoms with van der Waals surface area (Å²) in [6, 6.07) is 10.1. The lowest BCUT2D eigenvalue weighted by Gasteiger charge is -2.08. The predicted molar refractivity (Wildman–Crippen MR) is 87.1 cm³/mol. The average Bonchev–Trinajstić information content (AvgIpc) is 2.42. The van der Waals surface area contributed by atoms with Crippen LogP contribution in [0.2, 0.25) is 0 Å². The van der Waals surface area contributed by atoms with E-state index in [1.165, 1.54) is 4.90 Å². The third kappa shape index (κ3) is 4.21. The third-order valence-electron chi connectivity index (χ3n) is 2.70. The number of nitrogens with one attached hydrogen (secondary N) is 1. The molecule has 2 aromatic rings. The molecule has 3 nitrogen and oxygen atoms in total. The molecule has 0 saturated heterocycles. The minimum atomic E-state index is -0.0979. The predicted octanol–water partition coefficient (Wildman–Crippen LogP) is 4.02. The zero-order valence-electron chi connectivity index (χ0n) is 11.5. The highest BCUT2D eigenvalue weighted by atomic mass is 79.9. The van der Waals surface area contributed by atoms with Gasteiger partial charge in [0.1, 0.15) is 10.3 Å². The maximum Gasteiger partial charge on any atom is 0.265 e. The number of hydrogen-bond donors (Lipinski definition) is 1. The van der Waals surface area contributed by atoms with E-state index in [2.05, 4.69) is 51.9 Å². The second-order valence-electron chi connectivity index (χ2n) is 4.97. The molecule has 0 fully saturated rings. The van der Waals surface area contributed by atoms with Crippen LogP contribution in [0, 0.1) is 5.92 Å². The summed E-state index contributed by atoms with van der Waals surface area (Å²) in [6.45, 7) is 4.24. The zero-order valence-corrected chi connectivity index (χ0v) is 13.9. The molecule has 0 aliphatic rings. The quantitative estimate of drug-likeness (QED) is 0.826. The fourth-order valence-electron chi connectivity index (χ4n) is 1.82. The van der Waals surface area contributed by atoms with E-state index in [1.807, 2.05) is 18.2 Å². The highest BCUT2D eigenvalue weighted by molar-refractivity contribution is 9.10. The van der Waals surface area contributed by atoms with Gasteiger partial charge in [0.2, 0.25) is 0 Å². The van der Waals surface area contributed by atoms with Crippen LogP contribution in [0.25, 0.3) is 0 Å². The summed E-state index contributed by atoms with van der Waals surface area (Å²) in [6.07, 6.45) is 0.799. The Balaban J connectivity index is 2.16. The maximum atomic E-state index is 11.9. The number of nitrogens with zero attached hydrogens (tertiary/aromatic N) is 1. The molecule has 0 bridgehead atoms. The van der Waals surface area contributed by atoms with Crippen LogP contribution in [-0.4, -0.2) is 9.97 Å². The van der Waals surface area contributed by atoms with Crippen LogP contribution in [0.15, 0.2) is 44.5 Å². The molecule has 0 aliphatic heterocycles. The Labute approximate surface area is 131 Å². The van der Waals surface area contributed by atoms with Crippen molar-refractivity contribution in [1.29, 1.82) is 0 Å². The van der Waals surface area contributed by atoms with Crippen molar-refractivity contribution >= 4 is 27.7 Å². The van der Waals surface area contributed by atoms with Crippen LogP contribution in [0.3, 0.4) is 0 Å². The van der Waals surface area contributed by atoms with E-state index in [4.69, 9.17) is 0 Å². The number of H-pyrrole nitrogens is 1. The molecule has 5 heteroatoms. The molecule has 0 atom stereocenters. The Kier molecular flexibility index (Phi) is 5.43. The SMILES string of the molecule is CC(C)Cc1nc(CSc2ccccc2)[nH]c(=O)c1Br. The van der Waals surface area contributed by atoms with Gasteiger partial charge < -0.3 is 4.98 Å². The number of thioether (sulfide) groups is 1. The van der Waals surface area contributed by atoms with Gasteiger partial charge in [0.15, 0.2) is 0 Å². The molecule has 1 heterocycles. The number of aromatic amines is 1. The first kappa shape index (κ1) is 15.3. The van der Waals surface area contributed by atoms with Gasteiger partial charge >= 0.3 is 0 Å². The lowest BCUT2D eigenvalue weighted by Crippen LogP contribution is -2.16. The van der Waals surface area contributed by atoms with Crippen LogP contribution in [0.4, 0.5) is 0 Å². The Morgan fingerprint density at radius 3 is 2.65 bits per heavy atom. The summed E-state index contributed by atoms with van der Waals surface area (Å²) in [7, 11) is 0.